The van der Waals surface area contributed by atoms with E-state index in [1.165, 1.54) is 12.2 Å². The van der Waals surface area contributed by atoms with Crippen molar-refractivity contribution < 1.29 is 28.6 Å². The first-order valence-electron chi connectivity index (χ1n) is 12.2. The van der Waals surface area contributed by atoms with E-state index in [4.69, 9.17) is 4.74 Å². The van der Waals surface area contributed by atoms with Gasteiger partial charge in [0.25, 0.3) is 0 Å². The van der Waals surface area contributed by atoms with Gasteiger partial charge >= 0.3 is 5.97 Å². The molecule has 6 heteroatoms. The Bertz CT molecular complexity index is 929. The van der Waals surface area contributed by atoms with Crippen LogP contribution in [0.1, 0.15) is 60.8 Å². The highest BCUT2D eigenvalue weighted by molar-refractivity contribution is 6.01. The molecule has 182 valence electrons. The van der Waals surface area contributed by atoms with Crippen molar-refractivity contribution in [1.29, 1.82) is 0 Å². The number of carbonyl (C=O) groups is 3. The summed E-state index contributed by atoms with van der Waals surface area (Å²) in [4.78, 5) is 37.5. The third kappa shape index (κ3) is 3.73. The van der Waals surface area contributed by atoms with Crippen LogP contribution < -0.4 is 0 Å². The summed E-state index contributed by atoms with van der Waals surface area (Å²) in [5.41, 5.74) is -1.40. The number of allylic oxidation sites excluding steroid dienone is 4. The second-order valence-electron chi connectivity index (χ2n) is 12.4. The van der Waals surface area contributed by atoms with E-state index in [9.17, 15) is 19.5 Å². The van der Waals surface area contributed by atoms with Gasteiger partial charge in [-0.2, -0.15) is 0 Å². The molecule has 0 bridgehead atoms. The normalized spacial score (nSPS) is 44.4. The molecule has 4 rings (SSSR count). The minimum absolute atomic E-state index is 0.0538. The van der Waals surface area contributed by atoms with E-state index in [0.717, 1.165) is 6.42 Å². The first-order chi connectivity index (χ1) is 15.2. The van der Waals surface area contributed by atoms with Gasteiger partial charge in [-0.25, -0.2) is 4.39 Å². The van der Waals surface area contributed by atoms with Crippen molar-refractivity contribution >= 4 is 17.5 Å². The zero-order valence-corrected chi connectivity index (χ0v) is 20.6. The maximum atomic E-state index is 15.4. The van der Waals surface area contributed by atoms with Crippen LogP contribution in [0.15, 0.2) is 23.8 Å². The predicted octanol–water partition coefficient (Wildman–Crippen LogP) is 4.23. The summed E-state index contributed by atoms with van der Waals surface area (Å²) in [6.45, 7) is 11.0. The monoisotopic (exact) mass is 460 g/mol. The van der Waals surface area contributed by atoms with Crippen molar-refractivity contribution in [3.8, 4) is 0 Å². The molecule has 5 nitrogen and oxygen atoms in total. The molecule has 3 saturated carbocycles. The van der Waals surface area contributed by atoms with Gasteiger partial charge in [0.1, 0.15) is 12.8 Å². The van der Waals surface area contributed by atoms with Crippen LogP contribution in [0.5, 0.6) is 0 Å². The Morgan fingerprint density at radius 3 is 2.55 bits per heavy atom. The summed E-state index contributed by atoms with van der Waals surface area (Å²) in [5, 5.41) is 11.4. The van der Waals surface area contributed by atoms with E-state index >= 15 is 4.39 Å². The quantitative estimate of drug-likeness (QED) is 0.638. The lowest BCUT2D eigenvalue weighted by Gasteiger charge is -2.59. The van der Waals surface area contributed by atoms with Crippen LogP contribution in [-0.2, 0) is 19.1 Å². The fraction of sp³-hybridized carbons (Fsp3) is 0.741. The zero-order chi connectivity index (χ0) is 24.5. The number of carbonyl (C=O) groups excluding carboxylic acids is 3. The molecule has 0 radical (unpaired) electrons. The lowest BCUT2D eigenvalue weighted by molar-refractivity contribution is -0.160. The molecule has 9 atom stereocenters. The van der Waals surface area contributed by atoms with E-state index in [0.29, 0.717) is 12.0 Å². The van der Waals surface area contributed by atoms with Crippen molar-refractivity contribution in [2.75, 3.05) is 6.61 Å². The summed E-state index contributed by atoms with van der Waals surface area (Å²) in [6.07, 6.45) is 4.21. The zero-order valence-electron chi connectivity index (χ0n) is 20.6. The fourth-order valence-electron chi connectivity index (χ4n) is 7.83. The minimum Gasteiger partial charge on any atom is -0.457 e. The smallest absolute Gasteiger partial charge is 0.311 e. The molecule has 4 aliphatic rings. The van der Waals surface area contributed by atoms with Crippen LogP contribution in [-0.4, -0.2) is 41.5 Å². The summed E-state index contributed by atoms with van der Waals surface area (Å²) in [5.74, 6) is -1.23. The topological polar surface area (TPSA) is 80.7 Å². The van der Waals surface area contributed by atoms with E-state index in [-0.39, 0.29) is 54.2 Å². The van der Waals surface area contributed by atoms with Crippen molar-refractivity contribution in [3.05, 3.63) is 23.8 Å². The molecule has 3 fully saturated rings. The van der Waals surface area contributed by atoms with Crippen LogP contribution in [0.2, 0.25) is 0 Å². The van der Waals surface area contributed by atoms with Gasteiger partial charge in [0.15, 0.2) is 11.6 Å². The van der Waals surface area contributed by atoms with Gasteiger partial charge in [0, 0.05) is 17.3 Å². The Morgan fingerprint density at radius 2 is 1.91 bits per heavy atom. The number of ether oxygens (including phenoxy) is 1. The average Bonchev–Trinajstić information content (AvgIpc) is 2.96. The Labute approximate surface area is 195 Å². The van der Waals surface area contributed by atoms with Crippen LogP contribution in [0, 0.1) is 45.8 Å². The van der Waals surface area contributed by atoms with E-state index < -0.39 is 34.5 Å². The number of fused-ring (bicyclic) bond motifs is 5. The van der Waals surface area contributed by atoms with E-state index in [2.05, 4.69) is 6.92 Å². The lowest BCUT2D eigenvalue weighted by Crippen LogP contribution is -2.58. The average molecular weight is 461 g/mol. The third-order valence-electron chi connectivity index (χ3n) is 9.12. The molecule has 0 aliphatic heterocycles. The summed E-state index contributed by atoms with van der Waals surface area (Å²) in [6, 6.07) is 0. The highest BCUT2D eigenvalue weighted by Crippen LogP contribution is 2.67. The molecule has 0 saturated heterocycles. The van der Waals surface area contributed by atoms with Gasteiger partial charge in [0.05, 0.1) is 11.5 Å². The SMILES string of the molecule is C[C@@H]1C[C@H]2[C@@H]3C[C@H](F)C4=CC(=O)C=C[C@]4(C)C3[C@@H](O)C[C@]2(C)[C@H]1C(=O)COC(=O)C(C)(C)C. The Hall–Kier alpha value is -1.82. The van der Waals surface area contributed by atoms with Crippen molar-refractivity contribution in [2.45, 2.75) is 73.1 Å². The number of hydrogen-bond acceptors (Lipinski definition) is 5. The molecule has 0 amide bonds. The van der Waals surface area contributed by atoms with Crippen LogP contribution >= 0.6 is 0 Å². The highest BCUT2D eigenvalue weighted by Gasteiger charge is 2.65. The van der Waals surface area contributed by atoms with Crippen molar-refractivity contribution in [2.24, 2.45) is 45.8 Å². The molecule has 4 aliphatic carbocycles. The van der Waals surface area contributed by atoms with Crippen molar-refractivity contribution in [3.63, 3.8) is 0 Å². The number of rotatable bonds is 3. The highest BCUT2D eigenvalue weighted by atomic mass is 19.1. The molecule has 0 heterocycles. The largest absolute Gasteiger partial charge is 0.457 e. The summed E-state index contributed by atoms with van der Waals surface area (Å²) in [7, 11) is 0. The van der Waals surface area contributed by atoms with Gasteiger partial charge in [-0.15, -0.1) is 0 Å². The number of aliphatic hydroxyl groups is 1. The minimum atomic E-state index is -1.24. The first-order valence-corrected chi connectivity index (χ1v) is 12.2. The number of aliphatic hydroxyl groups excluding tert-OH is 1. The van der Waals surface area contributed by atoms with Gasteiger partial charge < -0.3 is 9.84 Å². The summed E-state index contributed by atoms with van der Waals surface area (Å²) >= 11 is 0. The number of esters is 1. The molecule has 0 aromatic carbocycles. The van der Waals surface area contributed by atoms with E-state index in [1.807, 2.05) is 13.8 Å². The molecule has 0 aromatic rings. The van der Waals surface area contributed by atoms with Crippen LogP contribution in [0.4, 0.5) is 4.39 Å². The van der Waals surface area contributed by atoms with Crippen LogP contribution in [0.25, 0.3) is 0 Å². The number of ketones is 2. The standard InChI is InChI=1S/C27H37FO5/c1-14-9-17-16-11-19(28)18-10-15(29)7-8-26(18,5)23(16)20(30)12-27(17,6)22(14)21(31)13-33-24(32)25(2,3)4/h7-8,10,14,16-17,19-20,22-23,30H,9,11-13H2,1-6H3/t14-,16+,17+,19+,20+,22-,23?,26+,27+/m1/s1. The van der Waals surface area contributed by atoms with E-state index in [1.54, 1.807) is 26.8 Å². The second-order valence-corrected chi connectivity index (χ2v) is 12.4. The number of Topliss-reactive ketones (excluding diaryl/α,β-unsaturated/α-hetero) is 1. The Morgan fingerprint density at radius 1 is 1.24 bits per heavy atom. The molecule has 1 unspecified atom stereocenters. The first kappa shape index (κ1) is 24.3. The van der Waals surface area contributed by atoms with Gasteiger partial charge in [-0.05, 0) is 80.9 Å². The van der Waals surface area contributed by atoms with Gasteiger partial charge in [-0.1, -0.05) is 26.8 Å². The molecular weight excluding hydrogens is 423 g/mol. The van der Waals surface area contributed by atoms with Gasteiger partial charge in [0.2, 0.25) is 0 Å². The second kappa shape index (κ2) is 7.86. The maximum Gasteiger partial charge on any atom is 0.311 e. The van der Waals surface area contributed by atoms with Gasteiger partial charge in [-0.3, -0.25) is 14.4 Å². The molecule has 0 aromatic heterocycles. The Kier molecular flexibility index (Phi) is 5.79. The lowest BCUT2D eigenvalue weighted by atomic mass is 9.46. The summed E-state index contributed by atoms with van der Waals surface area (Å²) < 4.78 is 20.8. The third-order valence-corrected chi connectivity index (χ3v) is 9.12. The van der Waals surface area contributed by atoms with Crippen molar-refractivity contribution in [1.82, 2.24) is 0 Å². The number of halogens is 1. The molecule has 33 heavy (non-hydrogen) atoms. The molecule has 1 N–H and O–H groups in total. The fourth-order valence-corrected chi connectivity index (χ4v) is 7.83. The Balaban J connectivity index is 1.62. The predicted molar refractivity (Wildman–Crippen MR) is 122 cm³/mol. The molecular formula is C27H37FO5. The maximum absolute atomic E-state index is 15.4. The van der Waals surface area contributed by atoms with Crippen LogP contribution in [0.3, 0.4) is 0 Å². The molecule has 0 spiro atoms. The number of alkyl halides is 1. The number of hydrogen-bond donors (Lipinski definition) is 1.